The van der Waals surface area contributed by atoms with Gasteiger partial charge in [0.15, 0.2) is 0 Å². The zero-order valence-corrected chi connectivity index (χ0v) is 11.0. The van der Waals surface area contributed by atoms with Gasteiger partial charge in [-0.25, -0.2) is 4.79 Å². The molecule has 102 valence electrons. The first-order valence-corrected chi connectivity index (χ1v) is 5.96. The molecule has 0 aromatic heterocycles. The van der Waals surface area contributed by atoms with Crippen LogP contribution in [0.25, 0.3) is 0 Å². The molecule has 0 atom stereocenters. The molecule has 18 heavy (non-hydrogen) atoms. The van der Waals surface area contributed by atoms with Crippen LogP contribution in [0, 0.1) is 10.8 Å². The third-order valence-electron chi connectivity index (χ3n) is 3.21. The number of urea groups is 1. The number of aliphatic carboxylic acids is 1. The second-order valence-corrected chi connectivity index (χ2v) is 5.91. The quantitative estimate of drug-likeness (QED) is 0.686. The third-order valence-corrected chi connectivity index (χ3v) is 3.21. The van der Waals surface area contributed by atoms with Gasteiger partial charge >= 0.3 is 12.0 Å². The van der Waals surface area contributed by atoms with Crippen LogP contribution in [0.2, 0.25) is 0 Å². The molecule has 0 spiro atoms. The van der Waals surface area contributed by atoms with Crippen LogP contribution in [0.5, 0.6) is 0 Å². The lowest BCUT2D eigenvalue weighted by atomic mass is 9.89. The van der Waals surface area contributed by atoms with Crippen molar-refractivity contribution in [3.63, 3.8) is 0 Å². The minimum absolute atomic E-state index is 0.167. The molecular weight excluding hydrogens is 236 g/mol. The second-order valence-electron chi connectivity index (χ2n) is 5.91. The van der Waals surface area contributed by atoms with Crippen molar-refractivity contribution in [1.82, 2.24) is 10.6 Å². The molecule has 0 bridgehead atoms. The fourth-order valence-corrected chi connectivity index (χ4v) is 1.38. The van der Waals surface area contributed by atoms with E-state index in [2.05, 4.69) is 17.6 Å². The largest absolute Gasteiger partial charge is 0.481 e. The summed E-state index contributed by atoms with van der Waals surface area (Å²) in [6.07, 6.45) is 1.92. The summed E-state index contributed by atoms with van der Waals surface area (Å²) in [5.41, 5.74) is -1.01. The van der Waals surface area contributed by atoms with Gasteiger partial charge in [-0.05, 0) is 32.1 Å². The summed E-state index contributed by atoms with van der Waals surface area (Å²) >= 11 is 0. The first-order valence-electron chi connectivity index (χ1n) is 5.96. The summed E-state index contributed by atoms with van der Waals surface area (Å²) in [6, 6.07) is -0.561. The van der Waals surface area contributed by atoms with Gasteiger partial charge in [-0.15, -0.1) is 0 Å². The number of carboxylic acid groups (broad SMARTS) is 1. The van der Waals surface area contributed by atoms with Crippen LogP contribution < -0.4 is 10.6 Å². The number of nitrogens with one attached hydrogen (secondary N) is 2. The molecule has 0 heterocycles. The highest BCUT2D eigenvalue weighted by atomic mass is 16.4. The van der Waals surface area contributed by atoms with E-state index in [4.69, 9.17) is 5.11 Å². The summed E-state index contributed by atoms with van der Waals surface area (Å²) in [5.74, 6) is -1.65. The molecule has 6 heteroatoms. The topological polar surface area (TPSA) is 95.5 Å². The monoisotopic (exact) mass is 256 g/mol. The number of hydrogen-bond acceptors (Lipinski definition) is 3. The Hall–Kier alpha value is -1.59. The zero-order valence-electron chi connectivity index (χ0n) is 11.0. The maximum absolute atomic E-state index is 11.5. The van der Waals surface area contributed by atoms with E-state index in [0.29, 0.717) is 6.54 Å². The van der Waals surface area contributed by atoms with E-state index in [-0.39, 0.29) is 11.8 Å². The van der Waals surface area contributed by atoms with Gasteiger partial charge in [0.1, 0.15) is 0 Å². The average Bonchev–Trinajstić information content (AvgIpc) is 2.93. The van der Waals surface area contributed by atoms with Gasteiger partial charge in [0.25, 0.3) is 0 Å². The first-order chi connectivity index (χ1) is 8.15. The Kier molecular flexibility index (Phi) is 3.98. The number of rotatable bonds is 5. The molecule has 0 radical (unpaired) electrons. The van der Waals surface area contributed by atoms with Crippen LogP contribution in [-0.4, -0.2) is 29.6 Å². The summed E-state index contributed by atoms with van der Waals surface area (Å²) in [5, 5.41) is 13.6. The fourth-order valence-electron chi connectivity index (χ4n) is 1.38. The number of carbonyl (C=O) groups excluding carboxylic acids is 2. The Morgan fingerprint density at radius 3 is 2.28 bits per heavy atom. The van der Waals surface area contributed by atoms with Gasteiger partial charge in [-0.1, -0.05) is 6.92 Å². The highest BCUT2D eigenvalue weighted by molar-refractivity contribution is 5.96. The Bertz CT molecular complexity index is 372. The summed E-state index contributed by atoms with van der Waals surface area (Å²) in [7, 11) is 0. The highest BCUT2D eigenvalue weighted by Crippen LogP contribution is 2.43. The predicted molar refractivity (Wildman–Crippen MR) is 64.9 cm³/mol. The minimum atomic E-state index is -1.17. The molecule has 0 saturated heterocycles. The van der Waals surface area contributed by atoms with Crippen molar-refractivity contribution in [3.8, 4) is 0 Å². The molecule has 1 fully saturated rings. The van der Waals surface area contributed by atoms with Crippen molar-refractivity contribution < 1.29 is 19.5 Å². The zero-order chi connectivity index (χ0) is 14.0. The van der Waals surface area contributed by atoms with Gasteiger partial charge < -0.3 is 10.4 Å². The van der Waals surface area contributed by atoms with Gasteiger partial charge in [0.05, 0.1) is 5.41 Å². The van der Waals surface area contributed by atoms with E-state index < -0.39 is 23.3 Å². The number of carbonyl (C=O) groups is 3. The predicted octanol–water partition coefficient (Wildman–Crippen LogP) is 1.11. The normalized spacial score (nSPS) is 16.8. The second kappa shape index (κ2) is 4.96. The summed E-state index contributed by atoms with van der Waals surface area (Å²) in [6.45, 7) is 5.48. The molecule has 1 aliphatic carbocycles. The smallest absolute Gasteiger partial charge is 0.321 e. The molecule has 1 rings (SSSR count). The minimum Gasteiger partial charge on any atom is -0.481 e. The van der Waals surface area contributed by atoms with Gasteiger partial charge in [-0.3, -0.25) is 14.9 Å². The molecule has 0 unspecified atom stereocenters. The number of carboxylic acids is 1. The molecule has 3 N–H and O–H groups in total. The Labute approximate surface area is 106 Å². The van der Waals surface area contributed by atoms with Crippen molar-refractivity contribution in [2.24, 2.45) is 10.8 Å². The molecule has 0 aromatic rings. The SMILES string of the molecule is CC1(CNC(=O)NC(=O)CC(C)(C)C(=O)O)CC1. The molecule has 3 amide bonds. The lowest BCUT2D eigenvalue weighted by Gasteiger charge is -2.18. The number of imide groups is 1. The van der Waals surface area contributed by atoms with E-state index in [1.807, 2.05) is 0 Å². The molecule has 0 aliphatic heterocycles. The molecule has 1 aliphatic rings. The standard InChI is InChI=1S/C12H20N2O4/c1-11(2,9(16)17)6-8(15)14-10(18)13-7-12(3)4-5-12/h4-7H2,1-3H3,(H,16,17)(H2,13,14,15,18). The van der Waals surface area contributed by atoms with Crippen LogP contribution in [0.3, 0.4) is 0 Å². The third kappa shape index (κ3) is 4.35. The molecular formula is C12H20N2O4. The van der Waals surface area contributed by atoms with E-state index in [1.54, 1.807) is 0 Å². The van der Waals surface area contributed by atoms with Crippen molar-refractivity contribution in [2.75, 3.05) is 6.54 Å². The Balaban J connectivity index is 2.31. The number of hydrogen-bond donors (Lipinski definition) is 3. The lowest BCUT2D eigenvalue weighted by molar-refractivity contribution is -0.149. The maximum Gasteiger partial charge on any atom is 0.321 e. The van der Waals surface area contributed by atoms with Crippen molar-refractivity contribution in [1.29, 1.82) is 0 Å². The van der Waals surface area contributed by atoms with Crippen LogP contribution in [0.15, 0.2) is 0 Å². The maximum atomic E-state index is 11.5. The van der Waals surface area contributed by atoms with Gasteiger partial charge in [-0.2, -0.15) is 0 Å². The molecule has 6 nitrogen and oxygen atoms in total. The van der Waals surface area contributed by atoms with Crippen molar-refractivity contribution in [2.45, 2.75) is 40.0 Å². The van der Waals surface area contributed by atoms with E-state index >= 15 is 0 Å². The van der Waals surface area contributed by atoms with Crippen molar-refractivity contribution in [3.05, 3.63) is 0 Å². The van der Waals surface area contributed by atoms with E-state index in [0.717, 1.165) is 12.8 Å². The first kappa shape index (κ1) is 14.5. The lowest BCUT2D eigenvalue weighted by Crippen LogP contribution is -2.43. The van der Waals surface area contributed by atoms with Gasteiger partial charge in [0, 0.05) is 13.0 Å². The van der Waals surface area contributed by atoms with Crippen LogP contribution in [0.4, 0.5) is 4.79 Å². The van der Waals surface area contributed by atoms with Gasteiger partial charge in [0.2, 0.25) is 5.91 Å². The Morgan fingerprint density at radius 2 is 1.83 bits per heavy atom. The number of amides is 3. The van der Waals surface area contributed by atoms with E-state index in [1.165, 1.54) is 13.8 Å². The summed E-state index contributed by atoms with van der Waals surface area (Å²) < 4.78 is 0. The average molecular weight is 256 g/mol. The van der Waals surface area contributed by atoms with Crippen molar-refractivity contribution >= 4 is 17.9 Å². The van der Waals surface area contributed by atoms with Crippen LogP contribution >= 0.6 is 0 Å². The Morgan fingerprint density at radius 1 is 1.28 bits per heavy atom. The van der Waals surface area contributed by atoms with E-state index in [9.17, 15) is 14.4 Å². The van der Waals surface area contributed by atoms with Crippen LogP contribution in [-0.2, 0) is 9.59 Å². The fraction of sp³-hybridized carbons (Fsp3) is 0.750. The molecule has 1 saturated carbocycles. The summed E-state index contributed by atoms with van der Waals surface area (Å²) in [4.78, 5) is 33.7. The molecule has 0 aromatic carbocycles. The van der Waals surface area contributed by atoms with Crippen LogP contribution in [0.1, 0.15) is 40.0 Å². The highest BCUT2D eigenvalue weighted by Gasteiger charge is 2.37.